The van der Waals surface area contributed by atoms with Gasteiger partial charge in [0.15, 0.2) is 0 Å². The summed E-state index contributed by atoms with van der Waals surface area (Å²) in [4.78, 5) is 23.0. The van der Waals surface area contributed by atoms with Crippen LogP contribution in [0.2, 0.25) is 0 Å². The highest BCUT2D eigenvalue weighted by molar-refractivity contribution is 8.76. The maximum absolute atomic E-state index is 10.7. The van der Waals surface area contributed by atoms with Crippen molar-refractivity contribution in [3.8, 4) is 0 Å². The highest BCUT2D eigenvalue weighted by Gasteiger charge is 2.03. The predicted octanol–water partition coefficient (Wildman–Crippen LogP) is 8.55. The topological polar surface area (TPSA) is 110 Å². The monoisotopic (exact) mass is 570 g/mol. The fourth-order valence-electron chi connectivity index (χ4n) is 3.51. The average molecular weight is 571 g/mol. The van der Waals surface area contributed by atoms with E-state index in [1.54, 1.807) is 45.9 Å². The van der Waals surface area contributed by atoms with E-state index in [0.29, 0.717) is 13.1 Å². The molecule has 0 aliphatic rings. The fourth-order valence-corrected chi connectivity index (χ4v) is 5.44. The van der Waals surface area contributed by atoms with Gasteiger partial charge in [0.25, 0.3) is 11.4 Å². The molecule has 0 aliphatic heterocycles. The molecule has 0 atom stereocenters. The second-order valence-electron chi connectivity index (χ2n) is 8.48. The predicted molar refractivity (Wildman–Crippen MR) is 166 cm³/mol. The number of hydrogen-bond acceptors (Lipinski definition) is 8. The minimum absolute atomic E-state index is 0.0866. The molecule has 0 aliphatic carbocycles. The third-order valence-corrected chi connectivity index (χ3v) is 8.04. The molecule has 0 aromatic heterocycles. The maximum Gasteiger partial charge on any atom is 0.269 e. The zero-order chi connectivity index (χ0) is 28.2. The molecule has 4 aromatic carbocycles. The number of nitro benzene ring substituents is 2. The summed E-state index contributed by atoms with van der Waals surface area (Å²) >= 11 is 0. The van der Waals surface area contributed by atoms with Crippen LogP contribution in [0.1, 0.15) is 11.1 Å². The molecule has 8 nitrogen and oxygen atoms in total. The zero-order valence-corrected chi connectivity index (χ0v) is 22.9. The molecule has 40 heavy (non-hydrogen) atoms. The molecule has 0 saturated carbocycles. The SMILES string of the molecule is O=[N+]([O-])c1ccc(/C=C/CNc2ccc(SSc3ccc(NC/C=C/c4ccc([N+](=O)[O-])cc4)cc3)cc2)cc1. The van der Waals surface area contributed by atoms with E-state index in [9.17, 15) is 20.2 Å². The number of benzene rings is 4. The quantitative estimate of drug-likeness (QED) is 0.0934. The van der Waals surface area contributed by atoms with Crippen molar-refractivity contribution in [3.63, 3.8) is 0 Å². The molecule has 2 N–H and O–H groups in total. The van der Waals surface area contributed by atoms with E-state index >= 15 is 0 Å². The average Bonchev–Trinajstić information content (AvgIpc) is 2.98. The Hall–Kier alpha value is -4.54. The van der Waals surface area contributed by atoms with Gasteiger partial charge in [0.2, 0.25) is 0 Å². The molecule has 0 spiro atoms. The molecule has 10 heteroatoms. The Kier molecular flexibility index (Phi) is 10.4. The lowest BCUT2D eigenvalue weighted by atomic mass is 10.2. The van der Waals surface area contributed by atoms with Gasteiger partial charge in [-0.15, -0.1) is 0 Å². The van der Waals surface area contributed by atoms with Gasteiger partial charge < -0.3 is 10.6 Å². The van der Waals surface area contributed by atoms with Crippen molar-refractivity contribution in [2.75, 3.05) is 23.7 Å². The molecule has 4 aromatic rings. The summed E-state index contributed by atoms with van der Waals surface area (Å²) in [5.74, 6) is 0. The molecular weight excluding hydrogens is 544 g/mol. The highest BCUT2D eigenvalue weighted by Crippen LogP contribution is 2.38. The Labute approximate surface area is 239 Å². The van der Waals surface area contributed by atoms with Gasteiger partial charge in [0, 0.05) is 58.5 Å². The number of rotatable bonds is 13. The van der Waals surface area contributed by atoms with Crippen LogP contribution >= 0.6 is 21.6 Å². The maximum atomic E-state index is 10.7. The lowest BCUT2D eigenvalue weighted by Gasteiger charge is -2.07. The van der Waals surface area contributed by atoms with Gasteiger partial charge in [-0.05, 0) is 83.9 Å². The lowest BCUT2D eigenvalue weighted by molar-refractivity contribution is -0.385. The van der Waals surface area contributed by atoms with Gasteiger partial charge in [-0.25, -0.2) is 0 Å². The third kappa shape index (κ3) is 9.04. The Morgan fingerprint density at radius 1 is 0.550 bits per heavy atom. The van der Waals surface area contributed by atoms with Crippen LogP contribution in [0.25, 0.3) is 12.2 Å². The molecule has 0 amide bonds. The fraction of sp³-hybridized carbons (Fsp3) is 0.0667. The molecule has 0 radical (unpaired) electrons. The minimum atomic E-state index is -0.404. The van der Waals surface area contributed by atoms with Crippen LogP contribution in [0.5, 0.6) is 0 Å². The van der Waals surface area contributed by atoms with E-state index in [-0.39, 0.29) is 11.4 Å². The first kappa shape index (κ1) is 28.5. The van der Waals surface area contributed by atoms with Gasteiger partial charge >= 0.3 is 0 Å². The summed E-state index contributed by atoms with van der Waals surface area (Å²) in [6.07, 6.45) is 7.81. The number of anilines is 2. The Morgan fingerprint density at radius 2 is 0.900 bits per heavy atom. The van der Waals surface area contributed by atoms with Crippen LogP contribution in [-0.4, -0.2) is 22.9 Å². The number of non-ortho nitro benzene ring substituents is 2. The van der Waals surface area contributed by atoms with Crippen molar-refractivity contribution < 1.29 is 9.85 Å². The van der Waals surface area contributed by atoms with E-state index in [1.165, 1.54) is 24.3 Å². The van der Waals surface area contributed by atoms with Crippen LogP contribution in [-0.2, 0) is 0 Å². The summed E-state index contributed by atoms with van der Waals surface area (Å²) in [6.45, 7) is 1.29. The van der Waals surface area contributed by atoms with Gasteiger partial charge in [-0.2, -0.15) is 0 Å². The molecule has 0 heterocycles. The van der Waals surface area contributed by atoms with Crippen molar-refractivity contribution in [1.82, 2.24) is 0 Å². The Morgan fingerprint density at radius 3 is 1.23 bits per heavy atom. The standard InChI is InChI=1S/C30H26N4O4S2/c35-33(36)27-13-5-23(6-14-27)3-1-21-31-25-9-17-29(18-10-25)39-40-30-19-11-26(12-20-30)32-22-2-4-24-7-15-28(16-8-24)34(37)38/h1-20,31-32H,21-22H2/b3-1+,4-2+. The second-order valence-corrected chi connectivity index (χ2v) is 10.8. The van der Waals surface area contributed by atoms with Crippen LogP contribution in [0.4, 0.5) is 22.7 Å². The van der Waals surface area contributed by atoms with Crippen molar-refractivity contribution >= 4 is 56.5 Å². The van der Waals surface area contributed by atoms with E-state index in [1.807, 2.05) is 48.6 Å². The second kappa shape index (κ2) is 14.6. The van der Waals surface area contributed by atoms with E-state index in [4.69, 9.17) is 0 Å². The number of nitrogens with zero attached hydrogens (tertiary/aromatic N) is 2. The largest absolute Gasteiger partial charge is 0.382 e. The molecular formula is C30H26N4O4S2. The molecule has 0 saturated heterocycles. The van der Waals surface area contributed by atoms with Gasteiger partial charge in [-0.3, -0.25) is 20.2 Å². The summed E-state index contributed by atoms with van der Waals surface area (Å²) in [5, 5.41) is 28.1. The molecule has 202 valence electrons. The van der Waals surface area contributed by atoms with Crippen molar-refractivity contribution in [3.05, 3.63) is 141 Å². The first-order valence-corrected chi connectivity index (χ1v) is 14.5. The molecule has 0 unspecified atom stereocenters. The first-order chi connectivity index (χ1) is 19.5. The number of nitrogens with one attached hydrogen (secondary N) is 2. The molecule has 0 fully saturated rings. The van der Waals surface area contributed by atoms with Crippen molar-refractivity contribution in [2.45, 2.75) is 9.79 Å². The normalized spacial score (nSPS) is 11.1. The summed E-state index contributed by atoms with van der Waals surface area (Å²) < 4.78 is 0. The first-order valence-electron chi connectivity index (χ1n) is 12.3. The highest BCUT2D eigenvalue weighted by atomic mass is 33.1. The zero-order valence-electron chi connectivity index (χ0n) is 21.3. The smallest absolute Gasteiger partial charge is 0.269 e. The molecule has 0 bridgehead atoms. The van der Waals surface area contributed by atoms with Gasteiger partial charge in [0.1, 0.15) is 0 Å². The van der Waals surface area contributed by atoms with Gasteiger partial charge in [-0.1, -0.05) is 45.9 Å². The van der Waals surface area contributed by atoms with Crippen LogP contribution in [0, 0.1) is 20.2 Å². The van der Waals surface area contributed by atoms with Crippen LogP contribution in [0.3, 0.4) is 0 Å². The minimum Gasteiger partial charge on any atom is -0.382 e. The van der Waals surface area contributed by atoms with E-state index in [0.717, 1.165) is 32.3 Å². The van der Waals surface area contributed by atoms with Crippen molar-refractivity contribution in [2.24, 2.45) is 0 Å². The lowest BCUT2D eigenvalue weighted by Crippen LogP contribution is -1.97. The van der Waals surface area contributed by atoms with Crippen LogP contribution < -0.4 is 10.6 Å². The van der Waals surface area contributed by atoms with E-state index in [2.05, 4.69) is 34.9 Å². The third-order valence-electron chi connectivity index (χ3n) is 5.62. The number of hydrogen-bond donors (Lipinski definition) is 2. The van der Waals surface area contributed by atoms with Crippen LogP contribution in [0.15, 0.2) is 119 Å². The molecule has 4 rings (SSSR count). The Balaban J connectivity index is 1.16. The summed E-state index contributed by atoms with van der Waals surface area (Å²) in [5.41, 5.74) is 4.03. The van der Waals surface area contributed by atoms with Gasteiger partial charge in [0.05, 0.1) is 9.85 Å². The van der Waals surface area contributed by atoms with Crippen molar-refractivity contribution in [1.29, 1.82) is 0 Å². The number of nitro groups is 2. The summed E-state index contributed by atoms with van der Waals surface area (Å²) in [6, 6.07) is 29.4. The van der Waals surface area contributed by atoms with E-state index < -0.39 is 9.85 Å². The Bertz CT molecular complexity index is 1360. The summed E-state index contributed by atoms with van der Waals surface area (Å²) in [7, 11) is 3.38.